The SMILES string of the molecule is CCNC(=NCc1cccs1)NCCN(C)C(C)CC. The van der Waals surface area contributed by atoms with Crippen LogP contribution in [0.3, 0.4) is 0 Å². The van der Waals surface area contributed by atoms with Gasteiger partial charge in [-0.15, -0.1) is 11.3 Å². The van der Waals surface area contributed by atoms with Crippen LogP contribution in [0.15, 0.2) is 22.5 Å². The molecule has 4 nitrogen and oxygen atoms in total. The zero-order valence-corrected chi connectivity index (χ0v) is 14.0. The van der Waals surface area contributed by atoms with Crippen molar-refractivity contribution in [3.8, 4) is 0 Å². The summed E-state index contributed by atoms with van der Waals surface area (Å²) in [7, 11) is 2.17. The molecule has 0 fully saturated rings. The number of likely N-dealkylation sites (N-methyl/N-ethyl adjacent to an activating group) is 1. The molecule has 114 valence electrons. The summed E-state index contributed by atoms with van der Waals surface area (Å²) in [6.45, 7) is 10.1. The Labute approximate surface area is 127 Å². The van der Waals surface area contributed by atoms with E-state index in [0.717, 1.165) is 32.1 Å². The average Bonchev–Trinajstić information content (AvgIpc) is 2.96. The zero-order chi connectivity index (χ0) is 14.8. The van der Waals surface area contributed by atoms with Gasteiger partial charge in [-0.1, -0.05) is 13.0 Å². The molecule has 0 aromatic carbocycles. The lowest BCUT2D eigenvalue weighted by molar-refractivity contribution is 0.255. The quantitative estimate of drug-likeness (QED) is 0.572. The first kappa shape index (κ1) is 17.0. The van der Waals surface area contributed by atoms with Gasteiger partial charge in [-0.2, -0.15) is 0 Å². The molecule has 0 saturated carbocycles. The van der Waals surface area contributed by atoms with Gasteiger partial charge < -0.3 is 15.5 Å². The number of thiophene rings is 1. The number of aliphatic imine (C=N–C) groups is 1. The van der Waals surface area contributed by atoms with E-state index in [2.05, 4.69) is 65.9 Å². The molecule has 2 N–H and O–H groups in total. The lowest BCUT2D eigenvalue weighted by Gasteiger charge is -2.23. The zero-order valence-electron chi connectivity index (χ0n) is 13.1. The van der Waals surface area contributed by atoms with Crippen LogP contribution < -0.4 is 10.6 Å². The van der Waals surface area contributed by atoms with Gasteiger partial charge in [0.25, 0.3) is 0 Å². The van der Waals surface area contributed by atoms with Gasteiger partial charge in [0.15, 0.2) is 5.96 Å². The highest BCUT2D eigenvalue weighted by Gasteiger charge is 2.06. The fourth-order valence-corrected chi connectivity index (χ4v) is 2.41. The number of nitrogens with one attached hydrogen (secondary N) is 2. The Morgan fingerprint density at radius 2 is 2.20 bits per heavy atom. The maximum atomic E-state index is 4.60. The van der Waals surface area contributed by atoms with E-state index in [0.29, 0.717) is 6.04 Å². The van der Waals surface area contributed by atoms with Crippen molar-refractivity contribution in [3.63, 3.8) is 0 Å². The standard InChI is InChI=1S/C15H28N4S/c1-5-13(3)19(4)10-9-17-15(16-6-2)18-12-14-8-7-11-20-14/h7-8,11,13H,5-6,9-10,12H2,1-4H3,(H2,16,17,18). The van der Waals surface area contributed by atoms with E-state index in [1.165, 1.54) is 11.3 Å². The average molecular weight is 296 g/mol. The fraction of sp³-hybridized carbons (Fsp3) is 0.667. The van der Waals surface area contributed by atoms with Crippen LogP contribution in [-0.2, 0) is 6.54 Å². The smallest absolute Gasteiger partial charge is 0.191 e. The molecule has 0 aliphatic carbocycles. The predicted octanol–water partition coefficient (Wildman–Crippen LogP) is 2.53. The first-order valence-corrected chi connectivity index (χ1v) is 8.30. The van der Waals surface area contributed by atoms with E-state index in [9.17, 15) is 0 Å². The highest BCUT2D eigenvalue weighted by Crippen LogP contribution is 2.09. The van der Waals surface area contributed by atoms with Crippen molar-refractivity contribution in [2.45, 2.75) is 39.8 Å². The van der Waals surface area contributed by atoms with E-state index in [4.69, 9.17) is 0 Å². The maximum Gasteiger partial charge on any atom is 0.191 e. The van der Waals surface area contributed by atoms with Crippen molar-refractivity contribution >= 4 is 17.3 Å². The first-order chi connectivity index (χ1) is 9.67. The number of nitrogens with zero attached hydrogens (tertiary/aromatic N) is 2. The molecule has 0 bridgehead atoms. The summed E-state index contributed by atoms with van der Waals surface area (Å²) < 4.78 is 0. The van der Waals surface area contributed by atoms with Crippen LogP contribution in [0, 0.1) is 0 Å². The van der Waals surface area contributed by atoms with Crippen molar-refractivity contribution in [3.05, 3.63) is 22.4 Å². The summed E-state index contributed by atoms with van der Waals surface area (Å²) in [5.41, 5.74) is 0. The molecule has 20 heavy (non-hydrogen) atoms. The van der Waals surface area contributed by atoms with Crippen LogP contribution in [-0.4, -0.2) is 43.6 Å². The monoisotopic (exact) mass is 296 g/mol. The molecule has 1 atom stereocenters. The second-order valence-electron chi connectivity index (χ2n) is 4.94. The third-order valence-electron chi connectivity index (χ3n) is 3.42. The summed E-state index contributed by atoms with van der Waals surface area (Å²) in [6, 6.07) is 4.81. The molecule has 0 aliphatic rings. The number of hydrogen-bond donors (Lipinski definition) is 2. The van der Waals surface area contributed by atoms with Crippen molar-refractivity contribution < 1.29 is 0 Å². The molecule has 0 aliphatic heterocycles. The minimum absolute atomic E-state index is 0.627. The Morgan fingerprint density at radius 1 is 1.40 bits per heavy atom. The normalized spacial score (nSPS) is 13.6. The maximum absolute atomic E-state index is 4.60. The summed E-state index contributed by atoms with van der Waals surface area (Å²) >= 11 is 1.75. The van der Waals surface area contributed by atoms with Crippen LogP contribution in [0.5, 0.6) is 0 Å². The first-order valence-electron chi connectivity index (χ1n) is 7.42. The van der Waals surface area contributed by atoms with Crippen molar-refractivity contribution in [2.24, 2.45) is 4.99 Å². The Kier molecular flexibility index (Phi) is 8.30. The Hall–Kier alpha value is -1.07. The summed E-state index contributed by atoms with van der Waals surface area (Å²) in [5, 5.41) is 8.77. The molecular weight excluding hydrogens is 268 g/mol. The van der Waals surface area contributed by atoms with Crippen LogP contribution in [0.4, 0.5) is 0 Å². The van der Waals surface area contributed by atoms with Gasteiger partial charge in [0.1, 0.15) is 0 Å². The van der Waals surface area contributed by atoms with E-state index in [-0.39, 0.29) is 0 Å². The lowest BCUT2D eigenvalue weighted by atomic mass is 10.2. The number of rotatable bonds is 8. The van der Waals surface area contributed by atoms with Crippen LogP contribution in [0.25, 0.3) is 0 Å². The van der Waals surface area contributed by atoms with E-state index >= 15 is 0 Å². The third-order valence-corrected chi connectivity index (χ3v) is 4.28. The van der Waals surface area contributed by atoms with Gasteiger partial charge in [0, 0.05) is 30.6 Å². The molecule has 0 spiro atoms. The van der Waals surface area contributed by atoms with Crippen molar-refractivity contribution in [1.29, 1.82) is 0 Å². The molecule has 1 aromatic rings. The molecule has 1 unspecified atom stereocenters. The van der Waals surface area contributed by atoms with Crippen LogP contribution in [0.2, 0.25) is 0 Å². The van der Waals surface area contributed by atoms with Gasteiger partial charge in [-0.3, -0.25) is 0 Å². The lowest BCUT2D eigenvalue weighted by Crippen LogP contribution is -2.42. The minimum atomic E-state index is 0.627. The highest BCUT2D eigenvalue weighted by molar-refractivity contribution is 7.09. The number of guanidine groups is 1. The highest BCUT2D eigenvalue weighted by atomic mass is 32.1. The van der Waals surface area contributed by atoms with Crippen molar-refractivity contribution in [1.82, 2.24) is 15.5 Å². The molecule has 0 saturated heterocycles. The predicted molar refractivity (Wildman–Crippen MR) is 89.5 cm³/mol. The fourth-order valence-electron chi connectivity index (χ4n) is 1.78. The van der Waals surface area contributed by atoms with Crippen LogP contribution in [0.1, 0.15) is 32.1 Å². The van der Waals surface area contributed by atoms with Gasteiger partial charge in [0.05, 0.1) is 6.54 Å². The Balaban J connectivity index is 2.36. The van der Waals surface area contributed by atoms with Gasteiger partial charge in [-0.25, -0.2) is 4.99 Å². The molecule has 1 heterocycles. The molecule has 0 amide bonds. The van der Waals surface area contributed by atoms with E-state index < -0.39 is 0 Å². The molecule has 1 aromatic heterocycles. The largest absolute Gasteiger partial charge is 0.357 e. The molecule has 0 radical (unpaired) electrons. The molecular formula is C15H28N4S. The summed E-state index contributed by atoms with van der Waals surface area (Å²) in [4.78, 5) is 8.27. The number of hydrogen-bond acceptors (Lipinski definition) is 3. The summed E-state index contributed by atoms with van der Waals surface area (Å²) in [5.74, 6) is 0.901. The minimum Gasteiger partial charge on any atom is -0.357 e. The summed E-state index contributed by atoms with van der Waals surface area (Å²) in [6.07, 6.45) is 1.18. The Morgan fingerprint density at radius 3 is 2.80 bits per heavy atom. The van der Waals surface area contributed by atoms with Gasteiger partial charge in [-0.05, 0) is 38.8 Å². The van der Waals surface area contributed by atoms with Crippen LogP contribution >= 0.6 is 11.3 Å². The van der Waals surface area contributed by atoms with Gasteiger partial charge in [0.2, 0.25) is 0 Å². The van der Waals surface area contributed by atoms with Crippen molar-refractivity contribution in [2.75, 3.05) is 26.7 Å². The van der Waals surface area contributed by atoms with Gasteiger partial charge >= 0.3 is 0 Å². The van der Waals surface area contributed by atoms with E-state index in [1.54, 1.807) is 11.3 Å². The molecule has 1 rings (SSSR count). The topological polar surface area (TPSA) is 39.7 Å². The Bertz CT molecular complexity index is 375. The van der Waals surface area contributed by atoms with E-state index in [1.807, 2.05) is 0 Å². The molecule has 5 heteroatoms. The second-order valence-corrected chi connectivity index (χ2v) is 5.97. The third kappa shape index (κ3) is 6.39. The second kappa shape index (κ2) is 9.77.